The lowest BCUT2D eigenvalue weighted by Gasteiger charge is -2.02. The molecule has 0 amide bonds. The van der Waals surface area contributed by atoms with Crippen LogP contribution in [-0.4, -0.2) is 15.0 Å². The van der Waals surface area contributed by atoms with Gasteiger partial charge in [-0.1, -0.05) is 12.1 Å². The Morgan fingerprint density at radius 2 is 1.47 bits per heavy atom. The van der Waals surface area contributed by atoms with Crippen molar-refractivity contribution < 1.29 is 0 Å². The first-order chi connectivity index (χ1) is 8.45. The van der Waals surface area contributed by atoms with Crippen LogP contribution < -0.4 is 0 Å². The fourth-order valence-electron chi connectivity index (χ4n) is 1.83. The van der Waals surface area contributed by atoms with Crippen molar-refractivity contribution in [2.45, 2.75) is 0 Å². The van der Waals surface area contributed by atoms with Gasteiger partial charge in [-0.25, -0.2) is 0 Å². The van der Waals surface area contributed by atoms with Gasteiger partial charge in [-0.15, -0.1) is 0 Å². The van der Waals surface area contributed by atoms with Crippen LogP contribution >= 0.6 is 0 Å². The molecule has 0 aliphatic heterocycles. The van der Waals surface area contributed by atoms with Crippen LogP contribution in [0.1, 0.15) is 0 Å². The van der Waals surface area contributed by atoms with Gasteiger partial charge in [0.15, 0.2) is 0 Å². The van der Waals surface area contributed by atoms with Gasteiger partial charge < -0.3 is 4.98 Å². The predicted octanol–water partition coefficient (Wildman–Crippen LogP) is 3.14. The van der Waals surface area contributed by atoms with Crippen LogP contribution in [0.3, 0.4) is 0 Å². The van der Waals surface area contributed by atoms with E-state index in [-0.39, 0.29) is 0 Å². The summed E-state index contributed by atoms with van der Waals surface area (Å²) in [6.07, 6.45) is 5.50. The van der Waals surface area contributed by atoms with Crippen molar-refractivity contribution in [1.29, 1.82) is 0 Å². The van der Waals surface area contributed by atoms with Gasteiger partial charge in [0.25, 0.3) is 0 Å². The molecule has 0 saturated heterocycles. The maximum absolute atomic E-state index is 4.36. The molecule has 0 aromatic carbocycles. The van der Waals surface area contributed by atoms with Gasteiger partial charge in [-0.05, 0) is 30.3 Å². The van der Waals surface area contributed by atoms with Gasteiger partial charge in [-0.2, -0.15) is 0 Å². The number of hydrogen-bond acceptors (Lipinski definition) is 2. The summed E-state index contributed by atoms with van der Waals surface area (Å²) in [7, 11) is 0. The number of rotatable bonds is 2. The summed E-state index contributed by atoms with van der Waals surface area (Å²) in [6.45, 7) is 0. The molecule has 0 bridgehead atoms. The molecule has 3 aromatic rings. The molecule has 82 valence electrons. The van der Waals surface area contributed by atoms with Gasteiger partial charge in [-0.3, -0.25) is 9.97 Å². The number of nitrogens with zero attached hydrogens (tertiary/aromatic N) is 2. The monoisotopic (exact) mass is 221 g/mol. The van der Waals surface area contributed by atoms with Crippen molar-refractivity contribution in [2.24, 2.45) is 0 Å². The third-order valence-electron chi connectivity index (χ3n) is 2.61. The molecule has 0 atom stereocenters. The van der Waals surface area contributed by atoms with E-state index in [1.165, 1.54) is 0 Å². The number of nitrogens with one attached hydrogen (secondary N) is 1. The Balaban J connectivity index is 2.13. The normalized spacial score (nSPS) is 10.4. The van der Waals surface area contributed by atoms with Crippen LogP contribution in [0.2, 0.25) is 0 Å². The lowest BCUT2D eigenvalue weighted by Crippen LogP contribution is -1.86. The minimum absolute atomic E-state index is 0.929. The molecule has 3 heteroatoms. The number of hydrogen-bond donors (Lipinski definition) is 1. The molecule has 0 radical (unpaired) electrons. The highest BCUT2D eigenvalue weighted by atomic mass is 14.8. The smallest absolute Gasteiger partial charge is 0.0871 e. The summed E-state index contributed by atoms with van der Waals surface area (Å²) < 4.78 is 0. The second-order valence-electron chi connectivity index (χ2n) is 3.70. The van der Waals surface area contributed by atoms with Crippen LogP contribution in [0.5, 0.6) is 0 Å². The molecule has 3 rings (SSSR count). The number of pyridine rings is 2. The zero-order valence-corrected chi connectivity index (χ0v) is 9.17. The van der Waals surface area contributed by atoms with E-state index >= 15 is 0 Å². The second kappa shape index (κ2) is 4.22. The lowest BCUT2D eigenvalue weighted by molar-refractivity contribution is 1.27. The molecule has 1 N–H and O–H groups in total. The minimum atomic E-state index is 0.929. The van der Waals surface area contributed by atoms with Crippen LogP contribution in [0, 0.1) is 0 Å². The van der Waals surface area contributed by atoms with Crippen molar-refractivity contribution in [3.05, 3.63) is 61.1 Å². The fourth-order valence-corrected chi connectivity index (χ4v) is 1.83. The van der Waals surface area contributed by atoms with E-state index in [9.17, 15) is 0 Å². The van der Waals surface area contributed by atoms with Gasteiger partial charge in [0, 0.05) is 24.2 Å². The lowest BCUT2D eigenvalue weighted by atomic mass is 10.1. The first-order valence-electron chi connectivity index (χ1n) is 5.45. The highest BCUT2D eigenvalue weighted by Crippen LogP contribution is 2.27. The first-order valence-corrected chi connectivity index (χ1v) is 5.45. The number of aromatic amines is 1. The van der Waals surface area contributed by atoms with Gasteiger partial charge in [0.05, 0.1) is 17.1 Å². The highest BCUT2D eigenvalue weighted by molar-refractivity contribution is 5.77. The first kappa shape index (κ1) is 9.78. The summed E-state index contributed by atoms with van der Waals surface area (Å²) in [5.41, 5.74) is 3.96. The Bertz CT molecular complexity index is 546. The van der Waals surface area contributed by atoms with E-state index in [2.05, 4.69) is 15.0 Å². The number of H-pyrrole nitrogens is 1. The van der Waals surface area contributed by atoms with E-state index in [1.807, 2.05) is 48.7 Å². The molecule has 17 heavy (non-hydrogen) atoms. The van der Waals surface area contributed by atoms with E-state index in [1.54, 1.807) is 12.4 Å². The Morgan fingerprint density at radius 1 is 0.765 bits per heavy atom. The SMILES string of the molecule is c1ccc(-c2cc[nH]c2-c2ccccn2)nc1. The highest BCUT2D eigenvalue weighted by Gasteiger charge is 2.09. The zero-order valence-electron chi connectivity index (χ0n) is 9.17. The molecule has 0 fully saturated rings. The average Bonchev–Trinajstić information content (AvgIpc) is 2.90. The molecule has 0 aliphatic rings. The third kappa shape index (κ3) is 1.83. The van der Waals surface area contributed by atoms with Crippen molar-refractivity contribution in [3.8, 4) is 22.6 Å². The quantitative estimate of drug-likeness (QED) is 0.722. The Kier molecular flexibility index (Phi) is 2.43. The van der Waals surface area contributed by atoms with Crippen molar-refractivity contribution in [3.63, 3.8) is 0 Å². The summed E-state index contributed by atoms with van der Waals surface area (Å²) in [4.78, 5) is 11.9. The predicted molar refractivity (Wildman–Crippen MR) is 67.3 cm³/mol. The van der Waals surface area contributed by atoms with Gasteiger partial charge in [0.1, 0.15) is 0 Å². The summed E-state index contributed by atoms with van der Waals surface area (Å²) in [5.74, 6) is 0. The number of aromatic nitrogens is 3. The molecule has 0 saturated carbocycles. The van der Waals surface area contributed by atoms with Crippen LogP contribution in [0.25, 0.3) is 22.6 Å². The molecule has 3 nitrogen and oxygen atoms in total. The van der Waals surface area contributed by atoms with Crippen molar-refractivity contribution in [2.75, 3.05) is 0 Å². The van der Waals surface area contributed by atoms with Crippen molar-refractivity contribution in [1.82, 2.24) is 15.0 Å². The van der Waals surface area contributed by atoms with Gasteiger partial charge in [0.2, 0.25) is 0 Å². The van der Waals surface area contributed by atoms with E-state index in [4.69, 9.17) is 0 Å². The van der Waals surface area contributed by atoms with Gasteiger partial charge >= 0.3 is 0 Å². The largest absolute Gasteiger partial charge is 0.359 e. The standard InChI is InChI=1S/C14H11N3/c1-3-8-15-12(5-1)11-7-10-17-14(11)13-6-2-4-9-16-13/h1-10,17H. The van der Waals surface area contributed by atoms with Crippen molar-refractivity contribution >= 4 is 0 Å². The maximum Gasteiger partial charge on any atom is 0.0871 e. The Morgan fingerprint density at radius 3 is 2.12 bits per heavy atom. The molecule has 0 unspecified atom stereocenters. The average molecular weight is 221 g/mol. The Hall–Kier alpha value is -2.42. The molecule has 3 aromatic heterocycles. The second-order valence-corrected chi connectivity index (χ2v) is 3.70. The van der Waals surface area contributed by atoms with Crippen LogP contribution in [-0.2, 0) is 0 Å². The Labute approximate surface area is 99.2 Å². The topological polar surface area (TPSA) is 41.6 Å². The zero-order chi connectivity index (χ0) is 11.5. The van der Waals surface area contributed by atoms with Crippen LogP contribution in [0.4, 0.5) is 0 Å². The minimum Gasteiger partial charge on any atom is -0.359 e. The maximum atomic E-state index is 4.36. The molecule has 3 heterocycles. The van der Waals surface area contributed by atoms with Crippen LogP contribution in [0.15, 0.2) is 61.1 Å². The van der Waals surface area contributed by atoms with E-state index in [0.717, 1.165) is 22.6 Å². The summed E-state index contributed by atoms with van der Waals surface area (Å²) >= 11 is 0. The molecule has 0 spiro atoms. The summed E-state index contributed by atoms with van der Waals surface area (Å²) in [5, 5.41) is 0. The summed E-state index contributed by atoms with van der Waals surface area (Å²) in [6, 6.07) is 13.8. The molecular formula is C14H11N3. The van der Waals surface area contributed by atoms with E-state index in [0.29, 0.717) is 0 Å². The molecule has 0 aliphatic carbocycles. The fraction of sp³-hybridized carbons (Fsp3) is 0. The third-order valence-corrected chi connectivity index (χ3v) is 2.61. The van der Waals surface area contributed by atoms with E-state index < -0.39 is 0 Å². The molecular weight excluding hydrogens is 210 g/mol.